The van der Waals surface area contributed by atoms with E-state index < -0.39 is 0 Å². The molecule has 13 heavy (non-hydrogen) atoms. The molecule has 0 saturated heterocycles. The maximum absolute atomic E-state index is 5.97. The normalized spacial score (nSPS) is 11.8. The summed E-state index contributed by atoms with van der Waals surface area (Å²) in [5.74, 6) is 0.806. The van der Waals surface area contributed by atoms with Gasteiger partial charge in [0.15, 0.2) is 0 Å². The first-order chi connectivity index (χ1) is 5.82. The van der Waals surface area contributed by atoms with Gasteiger partial charge in [-0.2, -0.15) is 0 Å². The summed E-state index contributed by atoms with van der Waals surface area (Å²) in [5, 5.41) is 0.567. The van der Waals surface area contributed by atoms with Gasteiger partial charge in [-0.15, -0.1) is 0 Å². The Morgan fingerprint density at radius 1 is 1.08 bits per heavy atom. The van der Waals surface area contributed by atoms with Gasteiger partial charge >= 0.3 is 0 Å². The Morgan fingerprint density at radius 3 is 2.00 bits per heavy atom. The van der Waals surface area contributed by atoms with Gasteiger partial charge in [0.05, 0.1) is 0 Å². The smallest absolute Gasteiger partial charge is 0.135 e. The van der Waals surface area contributed by atoms with E-state index in [9.17, 15) is 0 Å². The molecule has 0 N–H and O–H groups in total. The fourth-order valence-electron chi connectivity index (χ4n) is 0.929. The second-order valence-electron chi connectivity index (χ2n) is 4.30. The molecule has 72 valence electrons. The first kappa shape index (κ1) is 10.5. The van der Waals surface area contributed by atoms with E-state index >= 15 is 0 Å². The third-order valence-electron chi connectivity index (χ3n) is 2.00. The molecule has 0 fully saturated rings. The van der Waals surface area contributed by atoms with Crippen LogP contribution < -0.4 is 0 Å². The quantitative estimate of drug-likeness (QED) is 0.599. The van der Waals surface area contributed by atoms with Crippen molar-refractivity contribution in [3.05, 3.63) is 22.2 Å². The standard InChI is InChI=1S/C10H15ClN2/c1-6-7(2)12-9(10(3,4)5)13-8(6)11/h1-5H3. The molecular weight excluding hydrogens is 184 g/mol. The van der Waals surface area contributed by atoms with E-state index in [1.54, 1.807) is 0 Å². The van der Waals surface area contributed by atoms with Crippen LogP contribution in [0.4, 0.5) is 0 Å². The third kappa shape index (κ3) is 2.19. The molecule has 0 atom stereocenters. The fourth-order valence-corrected chi connectivity index (χ4v) is 1.15. The number of hydrogen-bond acceptors (Lipinski definition) is 2. The fraction of sp³-hybridized carbons (Fsp3) is 0.600. The third-order valence-corrected chi connectivity index (χ3v) is 2.37. The SMILES string of the molecule is Cc1nc(C(C)(C)C)nc(Cl)c1C. The lowest BCUT2D eigenvalue weighted by Crippen LogP contribution is -2.17. The predicted octanol–water partition coefficient (Wildman–Crippen LogP) is 3.04. The van der Waals surface area contributed by atoms with Crippen molar-refractivity contribution in [3.63, 3.8) is 0 Å². The second kappa shape index (κ2) is 3.26. The van der Waals surface area contributed by atoms with Crippen LogP contribution in [-0.2, 0) is 5.41 Å². The van der Waals surface area contributed by atoms with E-state index in [2.05, 4.69) is 30.7 Å². The molecule has 0 saturated carbocycles. The lowest BCUT2D eigenvalue weighted by molar-refractivity contribution is 0.542. The maximum atomic E-state index is 5.97. The molecule has 0 aromatic carbocycles. The summed E-state index contributed by atoms with van der Waals surface area (Å²) >= 11 is 5.97. The lowest BCUT2D eigenvalue weighted by Gasteiger charge is -2.17. The van der Waals surface area contributed by atoms with Gasteiger partial charge in [-0.3, -0.25) is 0 Å². The van der Waals surface area contributed by atoms with Crippen LogP contribution in [0.15, 0.2) is 0 Å². The zero-order valence-electron chi connectivity index (χ0n) is 8.77. The van der Waals surface area contributed by atoms with Gasteiger partial charge in [0.1, 0.15) is 11.0 Å². The summed E-state index contributed by atoms with van der Waals surface area (Å²) in [6.07, 6.45) is 0. The summed E-state index contributed by atoms with van der Waals surface area (Å²) in [6.45, 7) is 10.1. The maximum Gasteiger partial charge on any atom is 0.135 e. The number of rotatable bonds is 0. The Morgan fingerprint density at radius 2 is 1.62 bits per heavy atom. The first-order valence-corrected chi connectivity index (χ1v) is 4.71. The van der Waals surface area contributed by atoms with Crippen molar-refractivity contribution in [1.29, 1.82) is 0 Å². The highest BCUT2D eigenvalue weighted by atomic mass is 35.5. The molecule has 0 aliphatic carbocycles. The zero-order valence-corrected chi connectivity index (χ0v) is 9.53. The molecule has 1 aromatic heterocycles. The molecule has 1 rings (SSSR count). The van der Waals surface area contributed by atoms with Crippen molar-refractivity contribution in [2.24, 2.45) is 0 Å². The van der Waals surface area contributed by atoms with Crippen molar-refractivity contribution in [2.75, 3.05) is 0 Å². The van der Waals surface area contributed by atoms with Crippen molar-refractivity contribution in [3.8, 4) is 0 Å². The van der Waals surface area contributed by atoms with Crippen molar-refractivity contribution >= 4 is 11.6 Å². The van der Waals surface area contributed by atoms with Gasteiger partial charge in [-0.25, -0.2) is 9.97 Å². The minimum absolute atomic E-state index is 0.0396. The van der Waals surface area contributed by atoms with Crippen LogP contribution in [0.1, 0.15) is 37.9 Å². The molecule has 0 spiro atoms. The molecule has 1 aromatic rings. The number of aromatic nitrogens is 2. The highest BCUT2D eigenvalue weighted by Gasteiger charge is 2.19. The zero-order chi connectivity index (χ0) is 10.2. The van der Waals surface area contributed by atoms with E-state index in [0.29, 0.717) is 5.15 Å². The van der Waals surface area contributed by atoms with E-state index in [1.807, 2.05) is 13.8 Å². The minimum atomic E-state index is -0.0396. The van der Waals surface area contributed by atoms with Crippen LogP contribution in [0.5, 0.6) is 0 Å². The average molecular weight is 199 g/mol. The molecule has 0 amide bonds. The Bertz CT molecular complexity index is 303. The van der Waals surface area contributed by atoms with Gasteiger partial charge in [0.25, 0.3) is 0 Å². The van der Waals surface area contributed by atoms with Crippen molar-refractivity contribution in [1.82, 2.24) is 9.97 Å². The Labute approximate surface area is 84.4 Å². The summed E-state index contributed by atoms with van der Waals surface area (Å²) in [7, 11) is 0. The minimum Gasteiger partial charge on any atom is -0.237 e. The molecular formula is C10H15ClN2. The van der Waals surface area contributed by atoms with Gasteiger partial charge in [-0.05, 0) is 13.8 Å². The van der Waals surface area contributed by atoms with E-state index in [-0.39, 0.29) is 5.41 Å². The summed E-state index contributed by atoms with van der Waals surface area (Å²) < 4.78 is 0. The summed E-state index contributed by atoms with van der Waals surface area (Å²) in [4.78, 5) is 8.67. The molecule has 2 nitrogen and oxygen atoms in total. The first-order valence-electron chi connectivity index (χ1n) is 4.33. The van der Waals surface area contributed by atoms with Crippen molar-refractivity contribution in [2.45, 2.75) is 40.0 Å². The molecule has 3 heteroatoms. The Balaban J connectivity index is 3.29. The van der Waals surface area contributed by atoms with Crippen LogP contribution in [0.3, 0.4) is 0 Å². The van der Waals surface area contributed by atoms with Crippen LogP contribution in [0, 0.1) is 13.8 Å². The Hall–Kier alpha value is -0.630. The topological polar surface area (TPSA) is 25.8 Å². The summed E-state index contributed by atoms with van der Waals surface area (Å²) in [5.41, 5.74) is 1.89. The Kier molecular flexibility index (Phi) is 2.62. The molecule has 0 bridgehead atoms. The highest BCUT2D eigenvalue weighted by molar-refractivity contribution is 6.30. The average Bonchev–Trinajstić information content (AvgIpc) is 1.97. The van der Waals surface area contributed by atoms with Crippen LogP contribution in [-0.4, -0.2) is 9.97 Å². The number of aryl methyl sites for hydroxylation is 1. The van der Waals surface area contributed by atoms with Crippen molar-refractivity contribution < 1.29 is 0 Å². The monoisotopic (exact) mass is 198 g/mol. The second-order valence-corrected chi connectivity index (χ2v) is 4.66. The van der Waals surface area contributed by atoms with Crippen LogP contribution in [0.25, 0.3) is 0 Å². The van der Waals surface area contributed by atoms with Gasteiger partial charge in [-0.1, -0.05) is 32.4 Å². The molecule has 0 aliphatic rings. The number of nitrogens with zero attached hydrogens (tertiary/aromatic N) is 2. The predicted molar refractivity (Wildman–Crippen MR) is 55.2 cm³/mol. The van der Waals surface area contributed by atoms with Crippen LogP contribution in [0.2, 0.25) is 5.15 Å². The molecule has 1 heterocycles. The van der Waals surface area contributed by atoms with E-state index in [4.69, 9.17) is 11.6 Å². The molecule has 0 unspecified atom stereocenters. The molecule has 0 radical (unpaired) electrons. The van der Waals surface area contributed by atoms with Gasteiger partial charge in [0.2, 0.25) is 0 Å². The van der Waals surface area contributed by atoms with E-state index in [0.717, 1.165) is 17.1 Å². The lowest BCUT2D eigenvalue weighted by atomic mass is 9.95. The van der Waals surface area contributed by atoms with Gasteiger partial charge in [0, 0.05) is 16.7 Å². The highest BCUT2D eigenvalue weighted by Crippen LogP contribution is 2.22. The molecule has 0 aliphatic heterocycles. The largest absolute Gasteiger partial charge is 0.237 e. The summed E-state index contributed by atoms with van der Waals surface area (Å²) in [6, 6.07) is 0. The number of halogens is 1. The van der Waals surface area contributed by atoms with E-state index in [1.165, 1.54) is 0 Å². The number of hydrogen-bond donors (Lipinski definition) is 0. The van der Waals surface area contributed by atoms with Crippen LogP contribution >= 0.6 is 11.6 Å². The van der Waals surface area contributed by atoms with Gasteiger partial charge < -0.3 is 0 Å².